The molecule has 1 atom stereocenters. The lowest BCUT2D eigenvalue weighted by molar-refractivity contribution is 0.0989. The first kappa shape index (κ1) is 25.7. The molecule has 1 N–H and O–H groups in total. The molecular formula is C27H39N3O4. The van der Waals surface area contributed by atoms with Crippen LogP contribution >= 0.6 is 0 Å². The number of urea groups is 1. The number of nitrogens with zero attached hydrogens (tertiary/aromatic N) is 2. The fourth-order valence-corrected chi connectivity index (χ4v) is 4.73. The lowest BCUT2D eigenvalue weighted by atomic mass is 10.00. The summed E-state index contributed by atoms with van der Waals surface area (Å²) in [6, 6.07) is 14.3. The van der Waals surface area contributed by atoms with Gasteiger partial charge in [0.1, 0.15) is 0 Å². The Bertz CT molecular complexity index is 888. The molecule has 0 radical (unpaired) electrons. The van der Waals surface area contributed by atoms with Crippen LogP contribution in [0.4, 0.5) is 10.5 Å². The first-order chi connectivity index (χ1) is 16.5. The maximum atomic E-state index is 13.6. The summed E-state index contributed by atoms with van der Waals surface area (Å²) in [5.41, 5.74) is 1.72. The third kappa shape index (κ3) is 6.35. The average molecular weight is 470 g/mol. The molecule has 7 heteroatoms. The number of methoxy groups -OCH3 is 3. The maximum absolute atomic E-state index is 13.6. The Hall–Kier alpha value is -2.93. The van der Waals surface area contributed by atoms with E-state index in [1.54, 1.807) is 33.5 Å². The van der Waals surface area contributed by atoms with Gasteiger partial charge in [-0.25, -0.2) is 4.79 Å². The zero-order chi connectivity index (χ0) is 24.5. The zero-order valence-corrected chi connectivity index (χ0v) is 21.2. The minimum atomic E-state index is -0.127. The van der Waals surface area contributed by atoms with E-state index >= 15 is 0 Å². The molecule has 0 aromatic heterocycles. The number of hydrogen-bond acceptors (Lipinski definition) is 5. The smallest absolute Gasteiger partial charge is 0.322 e. The summed E-state index contributed by atoms with van der Waals surface area (Å²) in [4.78, 5) is 18.1. The van der Waals surface area contributed by atoms with Crippen LogP contribution < -0.4 is 19.5 Å². The number of piperidine rings is 1. The van der Waals surface area contributed by atoms with Gasteiger partial charge in [-0.05, 0) is 31.7 Å². The Kier molecular flexibility index (Phi) is 9.45. The molecule has 1 unspecified atom stereocenters. The highest BCUT2D eigenvalue weighted by atomic mass is 16.5. The van der Waals surface area contributed by atoms with E-state index in [2.05, 4.69) is 36.2 Å². The van der Waals surface area contributed by atoms with E-state index in [1.807, 2.05) is 23.1 Å². The van der Waals surface area contributed by atoms with Crippen molar-refractivity contribution in [3.63, 3.8) is 0 Å². The molecule has 7 nitrogen and oxygen atoms in total. The van der Waals surface area contributed by atoms with Crippen LogP contribution in [0.2, 0.25) is 0 Å². The summed E-state index contributed by atoms with van der Waals surface area (Å²) in [6.07, 6.45) is 4.32. The third-order valence-electron chi connectivity index (χ3n) is 6.64. The van der Waals surface area contributed by atoms with Gasteiger partial charge in [-0.1, -0.05) is 43.7 Å². The van der Waals surface area contributed by atoms with Gasteiger partial charge in [-0.2, -0.15) is 0 Å². The average Bonchev–Trinajstić information content (AvgIpc) is 2.87. The molecule has 2 aromatic carbocycles. The molecule has 34 heavy (non-hydrogen) atoms. The van der Waals surface area contributed by atoms with Crippen molar-refractivity contribution in [2.24, 2.45) is 0 Å². The lowest BCUT2D eigenvalue weighted by Crippen LogP contribution is -2.50. The number of nitrogens with one attached hydrogen (secondary N) is 1. The summed E-state index contributed by atoms with van der Waals surface area (Å²) in [5.74, 6) is 1.51. The van der Waals surface area contributed by atoms with E-state index in [0.717, 1.165) is 31.5 Å². The minimum Gasteiger partial charge on any atom is -0.493 e. The second-order valence-electron chi connectivity index (χ2n) is 8.86. The molecule has 2 amide bonds. The quantitative estimate of drug-likeness (QED) is 0.505. The number of rotatable bonds is 10. The van der Waals surface area contributed by atoms with Crippen LogP contribution in [0.25, 0.3) is 0 Å². The SMILES string of the molecule is CCCC(C)N1CCC(N(Cc2ccccc2)C(=O)Nc2cc(OC)c(OC)c(OC)c2)CC1. The van der Waals surface area contributed by atoms with Crippen LogP contribution in [-0.4, -0.2) is 62.3 Å². The van der Waals surface area contributed by atoms with Crippen LogP contribution in [0.3, 0.4) is 0 Å². The Labute approximate surface area is 204 Å². The van der Waals surface area contributed by atoms with Gasteiger partial charge < -0.3 is 29.3 Å². The number of anilines is 1. The molecule has 1 aliphatic heterocycles. The summed E-state index contributed by atoms with van der Waals surface area (Å²) in [6.45, 7) is 7.12. The van der Waals surface area contributed by atoms with Crippen molar-refractivity contribution in [3.05, 3.63) is 48.0 Å². The Morgan fingerprint density at radius 3 is 2.21 bits per heavy atom. The van der Waals surface area contributed by atoms with Gasteiger partial charge in [0.25, 0.3) is 0 Å². The van der Waals surface area contributed by atoms with Crippen molar-refractivity contribution >= 4 is 11.7 Å². The Morgan fingerprint density at radius 1 is 1.06 bits per heavy atom. The maximum Gasteiger partial charge on any atom is 0.322 e. The number of amides is 2. The van der Waals surface area contributed by atoms with Crippen molar-refractivity contribution in [2.45, 2.75) is 58.2 Å². The first-order valence-corrected chi connectivity index (χ1v) is 12.2. The highest BCUT2D eigenvalue weighted by Gasteiger charge is 2.30. The molecule has 186 valence electrons. The lowest BCUT2D eigenvalue weighted by Gasteiger charge is -2.40. The molecule has 0 bridgehead atoms. The van der Waals surface area contributed by atoms with Gasteiger partial charge in [0.15, 0.2) is 11.5 Å². The van der Waals surface area contributed by atoms with E-state index in [0.29, 0.717) is 35.5 Å². The fraction of sp³-hybridized carbons (Fsp3) is 0.519. The molecule has 1 heterocycles. The fourth-order valence-electron chi connectivity index (χ4n) is 4.73. The van der Waals surface area contributed by atoms with Gasteiger partial charge in [0, 0.05) is 43.9 Å². The van der Waals surface area contributed by atoms with Crippen LogP contribution in [0.15, 0.2) is 42.5 Å². The van der Waals surface area contributed by atoms with E-state index in [1.165, 1.54) is 12.8 Å². The van der Waals surface area contributed by atoms with E-state index < -0.39 is 0 Å². The number of likely N-dealkylation sites (tertiary alicyclic amines) is 1. The molecule has 0 saturated carbocycles. The number of carbonyl (C=O) groups excluding carboxylic acids is 1. The van der Waals surface area contributed by atoms with Gasteiger partial charge in [0.05, 0.1) is 27.0 Å². The van der Waals surface area contributed by atoms with Gasteiger partial charge in [-0.15, -0.1) is 0 Å². The number of benzene rings is 2. The second-order valence-corrected chi connectivity index (χ2v) is 8.86. The van der Waals surface area contributed by atoms with Crippen molar-refractivity contribution in [3.8, 4) is 17.2 Å². The number of hydrogen-bond donors (Lipinski definition) is 1. The van der Waals surface area contributed by atoms with Crippen molar-refractivity contribution < 1.29 is 19.0 Å². The van der Waals surface area contributed by atoms with Crippen LogP contribution in [0, 0.1) is 0 Å². The van der Waals surface area contributed by atoms with Gasteiger partial charge in [0.2, 0.25) is 5.75 Å². The molecular weight excluding hydrogens is 430 g/mol. The summed E-state index contributed by atoms with van der Waals surface area (Å²) >= 11 is 0. The second kappa shape index (κ2) is 12.5. The van der Waals surface area contributed by atoms with E-state index in [9.17, 15) is 4.79 Å². The molecule has 0 aliphatic carbocycles. The van der Waals surface area contributed by atoms with E-state index in [-0.39, 0.29) is 12.1 Å². The van der Waals surface area contributed by atoms with Gasteiger partial charge >= 0.3 is 6.03 Å². The Balaban J connectivity index is 1.79. The number of carbonyl (C=O) groups is 1. The molecule has 1 aliphatic rings. The standard InChI is InChI=1S/C27H39N3O4/c1-6-10-20(2)29-15-13-23(14-16-29)30(19-21-11-8-7-9-12-21)27(31)28-22-17-24(32-3)26(34-5)25(18-22)33-4/h7-9,11-12,17-18,20,23H,6,10,13-16,19H2,1-5H3,(H,28,31). The monoisotopic (exact) mass is 469 g/mol. The summed E-state index contributed by atoms with van der Waals surface area (Å²) in [5, 5.41) is 3.07. The molecule has 0 spiro atoms. The van der Waals surface area contributed by atoms with Crippen LogP contribution in [0.5, 0.6) is 17.2 Å². The zero-order valence-electron chi connectivity index (χ0n) is 21.2. The molecule has 1 saturated heterocycles. The van der Waals surface area contributed by atoms with E-state index in [4.69, 9.17) is 14.2 Å². The molecule has 1 fully saturated rings. The third-order valence-corrected chi connectivity index (χ3v) is 6.64. The topological polar surface area (TPSA) is 63.3 Å². The van der Waals surface area contributed by atoms with Crippen molar-refractivity contribution in [1.82, 2.24) is 9.80 Å². The highest BCUT2D eigenvalue weighted by molar-refractivity contribution is 5.90. The van der Waals surface area contributed by atoms with Gasteiger partial charge in [-0.3, -0.25) is 0 Å². The van der Waals surface area contributed by atoms with Crippen LogP contribution in [0.1, 0.15) is 45.1 Å². The molecule has 2 aromatic rings. The number of ether oxygens (including phenoxy) is 3. The van der Waals surface area contributed by atoms with Crippen LogP contribution in [-0.2, 0) is 6.54 Å². The predicted octanol–water partition coefficient (Wildman–Crippen LogP) is 5.40. The first-order valence-electron chi connectivity index (χ1n) is 12.2. The Morgan fingerprint density at radius 2 is 1.68 bits per heavy atom. The predicted molar refractivity (Wildman–Crippen MR) is 136 cm³/mol. The largest absolute Gasteiger partial charge is 0.493 e. The van der Waals surface area contributed by atoms with Crippen molar-refractivity contribution in [1.29, 1.82) is 0 Å². The normalized spacial score (nSPS) is 15.4. The van der Waals surface area contributed by atoms with Crippen molar-refractivity contribution in [2.75, 3.05) is 39.7 Å². The summed E-state index contributed by atoms with van der Waals surface area (Å²) in [7, 11) is 4.70. The molecule has 3 rings (SSSR count). The minimum absolute atomic E-state index is 0.127. The highest BCUT2D eigenvalue weighted by Crippen LogP contribution is 2.40. The summed E-state index contributed by atoms with van der Waals surface area (Å²) < 4.78 is 16.3.